The van der Waals surface area contributed by atoms with Crippen LogP contribution in [0.3, 0.4) is 0 Å². The van der Waals surface area contributed by atoms with Crippen LogP contribution in [0.15, 0.2) is 29.2 Å². The second-order valence-corrected chi connectivity index (χ2v) is 11.2. The Balaban J connectivity index is 1.67. The molecule has 156 valence electrons. The van der Waals surface area contributed by atoms with E-state index in [9.17, 15) is 21.6 Å². The maximum atomic E-state index is 12.8. The summed E-state index contributed by atoms with van der Waals surface area (Å²) < 4.78 is 51.9. The van der Waals surface area contributed by atoms with Crippen LogP contribution < -0.4 is 5.32 Å². The van der Waals surface area contributed by atoms with E-state index in [0.717, 1.165) is 25.5 Å². The molecule has 0 saturated carbocycles. The Bertz CT molecular complexity index is 924. The summed E-state index contributed by atoms with van der Waals surface area (Å²) in [7, 11) is -6.96. The minimum Gasteiger partial charge on any atom is -0.351 e. The highest BCUT2D eigenvalue weighted by atomic mass is 32.2. The minimum absolute atomic E-state index is 0.149. The van der Waals surface area contributed by atoms with E-state index >= 15 is 0 Å². The van der Waals surface area contributed by atoms with Crippen molar-refractivity contribution in [1.29, 1.82) is 0 Å². The molecular weight excluding hydrogens is 402 g/mol. The van der Waals surface area contributed by atoms with Crippen molar-refractivity contribution in [3.05, 3.63) is 29.8 Å². The lowest BCUT2D eigenvalue weighted by Gasteiger charge is -2.26. The first-order valence-corrected chi connectivity index (χ1v) is 12.8. The second kappa shape index (κ2) is 8.48. The predicted octanol–water partition coefficient (Wildman–Crippen LogP) is 0.901. The number of piperidine rings is 1. The molecule has 2 saturated heterocycles. The Labute approximate surface area is 167 Å². The van der Waals surface area contributed by atoms with Gasteiger partial charge >= 0.3 is 0 Å². The Kier molecular flexibility index (Phi) is 6.43. The van der Waals surface area contributed by atoms with E-state index in [2.05, 4.69) is 5.32 Å². The summed E-state index contributed by atoms with van der Waals surface area (Å²) in [6.07, 6.45) is 5.02. The molecular formula is C18H27N3O5S2. The van der Waals surface area contributed by atoms with Crippen molar-refractivity contribution >= 4 is 26.0 Å². The summed E-state index contributed by atoms with van der Waals surface area (Å²) in [5, 5.41) is 2.75. The molecule has 28 heavy (non-hydrogen) atoms. The van der Waals surface area contributed by atoms with Crippen molar-refractivity contribution in [2.75, 3.05) is 25.9 Å². The molecule has 8 nitrogen and oxygen atoms in total. The van der Waals surface area contributed by atoms with Crippen LogP contribution >= 0.6 is 0 Å². The zero-order valence-electron chi connectivity index (χ0n) is 16.0. The van der Waals surface area contributed by atoms with Crippen LogP contribution in [0, 0.1) is 0 Å². The van der Waals surface area contributed by atoms with Crippen LogP contribution in [0.1, 0.15) is 37.7 Å². The molecule has 1 N–H and O–H groups in total. The van der Waals surface area contributed by atoms with Gasteiger partial charge in [0.2, 0.25) is 26.0 Å². The number of hydrogen-bond acceptors (Lipinski definition) is 5. The van der Waals surface area contributed by atoms with E-state index in [4.69, 9.17) is 0 Å². The normalized spacial score (nSPS) is 22.2. The van der Waals surface area contributed by atoms with Gasteiger partial charge in [0.1, 0.15) is 6.04 Å². The Morgan fingerprint density at radius 1 is 1.07 bits per heavy atom. The summed E-state index contributed by atoms with van der Waals surface area (Å²) in [6.45, 7) is 1.56. The van der Waals surface area contributed by atoms with E-state index in [1.54, 1.807) is 24.3 Å². The molecule has 1 unspecified atom stereocenters. The third kappa shape index (κ3) is 4.73. The number of hydrogen-bond donors (Lipinski definition) is 1. The SMILES string of the molecule is CS(=O)(=O)N1CCCC1C(=O)NCc1cccc(S(=O)(=O)N2CCCCC2)c1. The highest BCUT2D eigenvalue weighted by Crippen LogP contribution is 2.22. The fourth-order valence-electron chi connectivity index (χ4n) is 3.78. The monoisotopic (exact) mass is 429 g/mol. The standard InChI is InChI=1S/C18H27N3O5S2/c1-27(23,24)21-12-6-9-17(21)18(22)19-14-15-7-5-8-16(13-15)28(25,26)20-10-3-2-4-11-20/h5,7-8,13,17H,2-4,6,9-12,14H2,1H3,(H,19,22). The number of sulfonamides is 2. The zero-order valence-corrected chi connectivity index (χ0v) is 17.6. The predicted molar refractivity (Wildman–Crippen MR) is 105 cm³/mol. The maximum absolute atomic E-state index is 12.8. The molecule has 2 aliphatic heterocycles. The molecule has 1 aromatic rings. The minimum atomic E-state index is -3.53. The number of benzene rings is 1. The van der Waals surface area contributed by atoms with Gasteiger partial charge < -0.3 is 5.32 Å². The molecule has 0 bridgehead atoms. The van der Waals surface area contributed by atoms with Crippen LogP contribution in [0.5, 0.6) is 0 Å². The Morgan fingerprint density at radius 3 is 2.46 bits per heavy atom. The topological polar surface area (TPSA) is 104 Å². The zero-order chi connectivity index (χ0) is 20.4. The van der Waals surface area contributed by atoms with Gasteiger partial charge in [0.05, 0.1) is 11.2 Å². The van der Waals surface area contributed by atoms with E-state index in [-0.39, 0.29) is 17.3 Å². The van der Waals surface area contributed by atoms with Gasteiger partial charge in [-0.2, -0.15) is 8.61 Å². The van der Waals surface area contributed by atoms with Crippen molar-refractivity contribution in [3.8, 4) is 0 Å². The summed E-state index contributed by atoms with van der Waals surface area (Å²) in [5.41, 5.74) is 0.662. The van der Waals surface area contributed by atoms with Crippen LogP contribution in [0.4, 0.5) is 0 Å². The lowest BCUT2D eigenvalue weighted by molar-refractivity contribution is -0.124. The van der Waals surface area contributed by atoms with E-state index in [1.165, 1.54) is 8.61 Å². The first-order chi connectivity index (χ1) is 13.2. The molecule has 1 aromatic carbocycles. The fraction of sp³-hybridized carbons (Fsp3) is 0.611. The van der Waals surface area contributed by atoms with E-state index in [0.29, 0.717) is 38.0 Å². The molecule has 0 aromatic heterocycles. The summed E-state index contributed by atoms with van der Waals surface area (Å²) in [4.78, 5) is 12.7. The van der Waals surface area contributed by atoms with Crippen LogP contribution in [-0.4, -0.2) is 63.3 Å². The third-order valence-electron chi connectivity index (χ3n) is 5.25. The number of amides is 1. The lowest BCUT2D eigenvalue weighted by Crippen LogP contribution is -2.45. The van der Waals surface area contributed by atoms with Crippen molar-refractivity contribution in [1.82, 2.24) is 13.9 Å². The van der Waals surface area contributed by atoms with Gasteiger partial charge in [-0.25, -0.2) is 16.8 Å². The number of nitrogens with one attached hydrogen (secondary N) is 1. The molecule has 1 atom stereocenters. The van der Waals surface area contributed by atoms with Gasteiger partial charge in [-0.15, -0.1) is 0 Å². The van der Waals surface area contributed by atoms with Gasteiger partial charge in [0, 0.05) is 26.2 Å². The van der Waals surface area contributed by atoms with Crippen molar-refractivity contribution in [2.24, 2.45) is 0 Å². The molecule has 2 aliphatic rings. The van der Waals surface area contributed by atoms with Crippen LogP contribution in [0.25, 0.3) is 0 Å². The van der Waals surface area contributed by atoms with Gasteiger partial charge in [0.15, 0.2) is 0 Å². The van der Waals surface area contributed by atoms with Crippen molar-refractivity contribution < 1.29 is 21.6 Å². The molecule has 1 amide bonds. The van der Waals surface area contributed by atoms with E-state index < -0.39 is 26.1 Å². The van der Waals surface area contributed by atoms with Gasteiger partial charge in [-0.3, -0.25) is 4.79 Å². The average Bonchev–Trinajstić information content (AvgIpc) is 3.17. The Morgan fingerprint density at radius 2 is 1.79 bits per heavy atom. The van der Waals surface area contributed by atoms with E-state index in [1.807, 2.05) is 0 Å². The lowest BCUT2D eigenvalue weighted by atomic mass is 10.2. The molecule has 3 rings (SSSR count). The molecule has 0 spiro atoms. The molecule has 2 fully saturated rings. The summed E-state index contributed by atoms with van der Waals surface area (Å²) in [6, 6.07) is 5.86. The van der Waals surface area contributed by atoms with Gasteiger partial charge in [-0.1, -0.05) is 18.6 Å². The summed E-state index contributed by atoms with van der Waals surface area (Å²) in [5.74, 6) is -0.354. The average molecular weight is 430 g/mol. The molecule has 2 heterocycles. The maximum Gasteiger partial charge on any atom is 0.243 e. The quantitative estimate of drug-likeness (QED) is 0.724. The highest BCUT2D eigenvalue weighted by Gasteiger charge is 2.36. The van der Waals surface area contributed by atoms with Crippen molar-refractivity contribution in [2.45, 2.75) is 49.6 Å². The molecule has 0 aliphatic carbocycles. The third-order valence-corrected chi connectivity index (χ3v) is 8.43. The number of nitrogens with zero attached hydrogens (tertiary/aromatic N) is 2. The van der Waals surface area contributed by atoms with Gasteiger partial charge in [-0.05, 0) is 43.4 Å². The Hall–Kier alpha value is -1.49. The first-order valence-electron chi connectivity index (χ1n) is 9.53. The first kappa shape index (κ1) is 21.2. The summed E-state index contributed by atoms with van der Waals surface area (Å²) >= 11 is 0. The highest BCUT2D eigenvalue weighted by molar-refractivity contribution is 7.89. The number of carbonyl (C=O) groups excluding carboxylic acids is 1. The molecule has 10 heteroatoms. The van der Waals surface area contributed by atoms with Crippen molar-refractivity contribution in [3.63, 3.8) is 0 Å². The number of carbonyl (C=O) groups is 1. The second-order valence-electron chi connectivity index (χ2n) is 7.36. The van der Waals surface area contributed by atoms with Crippen LogP contribution in [0.2, 0.25) is 0 Å². The molecule has 0 radical (unpaired) electrons. The van der Waals surface area contributed by atoms with Crippen LogP contribution in [-0.2, 0) is 31.4 Å². The largest absolute Gasteiger partial charge is 0.351 e. The fourth-order valence-corrected chi connectivity index (χ4v) is 6.49. The smallest absolute Gasteiger partial charge is 0.243 e. The number of rotatable bonds is 6. The van der Waals surface area contributed by atoms with Gasteiger partial charge in [0.25, 0.3) is 0 Å².